The molecular weight excluding hydrogens is 230 g/mol. The van der Waals surface area contributed by atoms with Gasteiger partial charge < -0.3 is 5.32 Å². The smallest absolute Gasteiger partial charge is 0.00177 e. The molecule has 0 aliphatic heterocycles. The molecule has 0 aromatic carbocycles. The summed E-state index contributed by atoms with van der Waals surface area (Å²) < 4.78 is 0. The standard InChI is InChI=1S/C18H35N/c1-14(2)7-8-16-11-18(5,6)10-9-17(16)13-19-12-15(3)4/h15-17,19H,1,7-13H2,2-6H3. The van der Waals surface area contributed by atoms with E-state index in [9.17, 15) is 0 Å². The molecule has 0 saturated heterocycles. The third-order valence-electron chi connectivity index (χ3n) is 4.57. The fourth-order valence-corrected chi connectivity index (χ4v) is 3.39. The van der Waals surface area contributed by atoms with Gasteiger partial charge in [0.25, 0.3) is 0 Å². The van der Waals surface area contributed by atoms with Gasteiger partial charge in [-0.25, -0.2) is 0 Å². The van der Waals surface area contributed by atoms with Gasteiger partial charge in [0.1, 0.15) is 0 Å². The maximum absolute atomic E-state index is 4.07. The van der Waals surface area contributed by atoms with Gasteiger partial charge in [0.2, 0.25) is 0 Å². The molecule has 0 radical (unpaired) electrons. The van der Waals surface area contributed by atoms with Crippen molar-refractivity contribution in [2.75, 3.05) is 13.1 Å². The minimum absolute atomic E-state index is 0.550. The lowest BCUT2D eigenvalue weighted by Gasteiger charge is -2.41. The predicted molar refractivity (Wildman–Crippen MR) is 86.4 cm³/mol. The SMILES string of the molecule is C=C(C)CCC1CC(C)(C)CCC1CNCC(C)C. The normalized spacial score (nSPS) is 26.6. The van der Waals surface area contributed by atoms with Crippen LogP contribution in [0.5, 0.6) is 0 Å². The molecule has 0 amide bonds. The molecular formula is C18H35N. The molecule has 1 aliphatic carbocycles. The van der Waals surface area contributed by atoms with Crippen molar-refractivity contribution in [1.82, 2.24) is 5.32 Å². The average Bonchev–Trinajstić information content (AvgIpc) is 2.27. The molecule has 1 aliphatic rings. The maximum atomic E-state index is 4.07. The van der Waals surface area contributed by atoms with Crippen LogP contribution in [-0.4, -0.2) is 13.1 Å². The minimum atomic E-state index is 0.550. The number of hydrogen-bond donors (Lipinski definition) is 1. The van der Waals surface area contributed by atoms with Crippen LogP contribution in [0.3, 0.4) is 0 Å². The van der Waals surface area contributed by atoms with Gasteiger partial charge in [-0.05, 0) is 75.3 Å². The van der Waals surface area contributed by atoms with Gasteiger partial charge in [-0.3, -0.25) is 0 Å². The van der Waals surface area contributed by atoms with Crippen molar-refractivity contribution >= 4 is 0 Å². The van der Waals surface area contributed by atoms with Crippen molar-refractivity contribution in [2.24, 2.45) is 23.2 Å². The maximum Gasteiger partial charge on any atom is -0.00177 e. The third-order valence-corrected chi connectivity index (χ3v) is 4.57. The van der Waals surface area contributed by atoms with Crippen LogP contribution < -0.4 is 5.32 Å². The van der Waals surface area contributed by atoms with Crippen molar-refractivity contribution in [2.45, 2.75) is 66.7 Å². The molecule has 1 nitrogen and oxygen atoms in total. The topological polar surface area (TPSA) is 12.0 Å². The van der Waals surface area contributed by atoms with Gasteiger partial charge in [-0.15, -0.1) is 6.58 Å². The zero-order chi connectivity index (χ0) is 14.5. The first-order valence-corrected chi connectivity index (χ1v) is 8.15. The Kier molecular flexibility index (Phi) is 6.59. The van der Waals surface area contributed by atoms with E-state index in [-0.39, 0.29) is 0 Å². The van der Waals surface area contributed by atoms with Crippen LogP contribution in [0, 0.1) is 23.2 Å². The summed E-state index contributed by atoms with van der Waals surface area (Å²) in [6.45, 7) is 18.1. The molecule has 2 atom stereocenters. The lowest BCUT2D eigenvalue weighted by molar-refractivity contribution is 0.109. The summed E-state index contributed by atoms with van der Waals surface area (Å²) in [5.41, 5.74) is 1.89. The second kappa shape index (κ2) is 7.47. The highest BCUT2D eigenvalue weighted by Crippen LogP contribution is 2.43. The van der Waals surface area contributed by atoms with E-state index in [4.69, 9.17) is 0 Å². The Bertz CT molecular complexity index is 277. The molecule has 2 unspecified atom stereocenters. The zero-order valence-corrected chi connectivity index (χ0v) is 13.9. The summed E-state index contributed by atoms with van der Waals surface area (Å²) in [7, 11) is 0. The van der Waals surface area contributed by atoms with Crippen molar-refractivity contribution in [3.05, 3.63) is 12.2 Å². The third kappa shape index (κ3) is 6.61. The highest BCUT2D eigenvalue weighted by molar-refractivity contribution is 4.92. The lowest BCUT2D eigenvalue weighted by atomic mass is 9.65. The van der Waals surface area contributed by atoms with Crippen LogP contribution >= 0.6 is 0 Å². The summed E-state index contributed by atoms with van der Waals surface area (Å²) in [6.07, 6.45) is 6.74. The Morgan fingerprint density at radius 2 is 2.00 bits per heavy atom. The predicted octanol–water partition coefficient (Wildman–Crippen LogP) is 5.03. The van der Waals surface area contributed by atoms with E-state index >= 15 is 0 Å². The van der Waals surface area contributed by atoms with Crippen LogP contribution in [0.25, 0.3) is 0 Å². The second-order valence-electron chi connectivity index (χ2n) is 7.98. The first-order chi connectivity index (χ1) is 8.80. The Balaban J connectivity index is 2.47. The van der Waals surface area contributed by atoms with Crippen LogP contribution in [-0.2, 0) is 0 Å². The molecule has 0 heterocycles. The molecule has 1 fully saturated rings. The molecule has 0 spiro atoms. The molecule has 112 valence electrons. The van der Waals surface area contributed by atoms with Crippen molar-refractivity contribution in [3.63, 3.8) is 0 Å². The number of rotatable bonds is 7. The van der Waals surface area contributed by atoms with Crippen molar-refractivity contribution in [1.29, 1.82) is 0 Å². The Labute approximate surface area is 121 Å². The van der Waals surface area contributed by atoms with Gasteiger partial charge in [-0.1, -0.05) is 33.3 Å². The molecule has 1 saturated carbocycles. The summed E-state index contributed by atoms with van der Waals surface area (Å²) in [5, 5.41) is 3.68. The Morgan fingerprint density at radius 1 is 1.32 bits per heavy atom. The van der Waals surface area contributed by atoms with E-state index < -0.39 is 0 Å². The molecule has 0 aromatic rings. The summed E-state index contributed by atoms with van der Waals surface area (Å²) >= 11 is 0. The fraction of sp³-hybridized carbons (Fsp3) is 0.889. The molecule has 1 N–H and O–H groups in total. The van der Waals surface area contributed by atoms with Crippen LogP contribution in [0.2, 0.25) is 0 Å². The van der Waals surface area contributed by atoms with E-state index in [0.717, 1.165) is 24.3 Å². The number of nitrogens with one attached hydrogen (secondary N) is 1. The van der Waals surface area contributed by atoms with E-state index in [1.165, 1.54) is 44.2 Å². The van der Waals surface area contributed by atoms with Gasteiger partial charge in [0.15, 0.2) is 0 Å². The summed E-state index contributed by atoms with van der Waals surface area (Å²) in [6, 6.07) is 0. The average molecular weight is 265 g/mol. The number of hydrogen-bond acceptors (Lipinski definition) is 1. The molecule has 1 rings (SSSR count). The van der Waals surface area contributed by atoms with Gasteiger partial charge in [-0.2, -0.15) is 0 Å². The van der Waals surface area contributed by atoms with Crippen LogP contribution in [0.4, 0.5) is 0 Å². The Morgan fingerprint density at radius 3 is 2.58 bits per heavy atom. The second-order valence-corrected chi connectivity index (χ2v) is 7.98. The zero-order valence-electron chi connectivity index (χ0n) is 13.9. The minimum Gasteiger partial charge on any atom is -0.316 e. The van der Waals surface area contributed by atoms with E-state index in [2.05, 4.69) is 46.5 Å². The molecule has 0 aromatic heterocycles. The van der Waals surface area contributed by atoms with Crippen molar-refractivity contribution in [3.8, 4) is 0 Å². The summed E-state index contributed by atoms with van der Waals surface area (Å²) in [5.74, 6) is 2.53. The monoisotopic (exact) mass is 265 g/mol. The van der Waals surface area contributed by atoms with E-state index in [0.29, 0.717) is 5.41 Å². The van der Waals surface area contributed by atoms with Gasteiger partial charge in [0.05, 0.1) is 0 Å². The first-order valence-electron chi connectivity index (χ1n) is 8.15. The van der Waals surface area contributed by atoms with Gasteiger partial charge in [0, 0.05) is 0 Å². The lowest BCUT2D eigenvalue weighted by Crippen LogP contribution is -2.37. The van der Waals surface area contributed by atoms with E-state index in [1.54, 1.807) is 0 Å². The Hall–Kier alpha value is -0.300. The first kappa shape index (κ1) is 16.8. The quantitative estimate of drug-likeness (QED) is 0.637. The molecule has 0 bridgehead atoms. The van der Waals surface area contributed by atoms with E-state index in [1.807, 2.05) is 0 Å². The number of allylic oxidation sites excluding steroid dienone is 1. The highest BCUT2D eigenvalue weighted by atomic mass is 14.9. The molecule has 19 heavy (non-hydrogen) atoms. The van der Waals surface area contributed by atoms with Gasteiger partial charge >= 0.3 is 0 Å². The van der Waals surface area contributed by atoms with Crippen LogP contribution in [0.1, 0.15) is 66.7 Å². The fourth-order valence-electron chi connectivity index (χ4n) is 3.39. The molecule has 1 heteroatoms. The van der Waals surface area contributed by atoms with Crippen molar-refractivity contribution < 1.29 is 0 Å². The highest BCUT2D eigenvalue weighted by Gasteiger charge is 2.34. The largest absolute Gasteiger partial charge is 0.316 e. The van der Waals surface area contributed by atoms with Crippen LogP contribution in [0.15, 0.2) is 12.2 Å². The summed E-state index contributed by atoms with van der Waals surface area (Å²) in [4.78, 5) is 0.